The number of hydrogen-bond donors (Lipinski definition) is 1. The van der Waals surface area contributed by atoms with Crippen LogP contribution in [0.2, 0.25) is 0 Å². The Morgan fingerprint density at radius 1 is 1.10 bits per heavy atom. The minimum absolute atomic E-state index is 0.0165. The number of ether oxygens (including phenoxy) is 2. The van der Waals surface area contributed by atoms with Gasteiger partial charge in [-0.1, -0.05) is 30.3 Å². The van der Waals surface area contributed by atoms with E-state index in [4.69, 9.17) is 9.47 Å². The maximum absolute atomic E-state index is 12.2. The van der Waals surface area contributed by atoms with E-state index in [9.17, 15) is 8.42 Å². The van der Waals surface area contributed by atoms with Gasteiger partial charge in [-0.15, -0.1) is 0 Å². The summed E-state index contributed by atoms with van der Waals surface area (Å²) in [6.07, 6.45) is 3.03. The van der Waals surface area contributed by atoms with E-state index in [1.165, 1.54) is 0 Å². The fraction of sp³-hybridized carbons (Fsp3) is 0.600. The highest BCUT2D eigenvalue weighted by Crippen LogP contribution is 2.35. The summed E-state index contributed by atoms with van der Waals surface area (Å²) in [5.41, 5.74) is 0.805. The molecule has 1 saturated carbocycles. The monoisotopic (exact) mass is 311 g/mol. The molecule has 0 bridgehead atoms. The van der Waals surface area contributed by atoms with Crippen LogP contribution < -0.4 is 4.72 Å². The minimum atomic E-state index is -3.30. The van der Waals surface area contributed by atoms with Gasteiger partial charge in [-0.05, 0) is 18.4 Å². The molecule has 0 aromatic heterocycles. The molecule has 1 aromatic rings. The predicted octanol–water partition coefficient (Wildman–Crippen LogP) is 1.79. The van der Waals surface area contributed by atoms with Crippen LogP contribution in [0.25, 0.3) is 0 Å². The van der Waals surface area contributed by atoms with Crippen LogP contribution >= 0.6 is 0 Å². The quantitative estimate of drug-likeness (QED) is 0.921. The van der Waals surface area contributed by atoms with E-state index in [1.807, 2.05) is 30.3 Å². The number of nitrogens with one attached hydrogen (secondary N) is 1. The van der Waals surface area contributed by atoms with Crippen molar-refractivity contribution in [2.24, 2.45) is 0 Å². The highest BCUT2D eigenvalue weighted by atomic mass is 32.2. The molecule has 2 aliphatic rings. The fourth-order valence-electron chi connectivity index (χ4n) is 3.05. The molecule has 1 aliphatic carbocycles. The van der Waals surface area contributed by atoms with Crippen LogP contribution in [0.1, 0.15) is 31.2 Å². The third kappa shape index (κ3) is 3.83. The molecule has 3 rings (SSSR count). The molecule has 1 spiro atoms. The minimum Gasteiger partial charge on any atom is -0.348 e. The normalized spacial score (nSPS) is 22.7. The fourth-order valence-corrected chi connectivity index (χ4v) is 4.51. The van der Waals surface area contributed by atoms with Gasteiger partial charge in [0.25, 0.3) is 0 Å². The molecule has 1 aromatic carbocycles. The van der Waals surface area contributed by atoms with Crippen LogP contribution in [0.3, 0.4) is 0 Å². The lowest BCUT2D eigenvalue weighted by molar-refractivity contribution is -0.178. The summed E-state index contributed by atoms with van der Waals surface area (Å²) in [6, 6.07) is 9.22. The molecular formula is C15H21NO4S. The first kappa shape index (κ1) is 15.0. The third-order valence-corrected chi connectivity index (χ3v) is 5.51. The Bertz CT molecular complexity index is 557. The van der Waals surface area contributed by atoms with Crippen molar-refractivity contribution in [2.45, 2.75) is 43.3 Å². The van der Waals surface area contributed by atoms with Crippen LogP contribution in [-0.4, -0.2) is 33.5 Å². The molecule has 0 amide bonds. The largest absolute Gasteiger partial charge is 0.348 e. The maximum Gasteiger partial charge on any atom is 0.216 e. The first-order valence-electron chi connectivity index (χ1n) is 7.39. The summed E-state index contributed by atoms with van der Waals surface area (Å²) >= 11 is 0. The first-order chi connectivity index (χ1) is 10.1. The number of sulfonamides is 1. The second-order valence-electron chi connectivity index (χ2n) is 5.74. The lowest BCUT2D eigenvalue weighted by atomic mass is 9.91. The van der Waals surface area contributed by atoms with Crippen LogP contribution in [0.4, 0.5) is 0 Å². The van der Waals surface area contributed by atoms with Crippen molar-refractivity contribution in [3.05, 3.63) is 35.9 Å². The Hall–Kier alpha value is -0.950. The third-order valence-electron chi connectivity index (χ3n) is 4.11. The Balaban J connectivity index is 1.54. The molecule has 1 N–H and O–H groups in total. The Morgan fingerprint density at radius 3 is 2.33 bits per heavy atom. The van der Waals surface area contributed by atoms with Crippen molar-refractivity contribution in [2.75, 3.05) is 13.2 Å². The van der Waals surface area contributed by atoms with Gasteiger partial charge in [0.15, 0.2) is 5.79 Å². The van der Waals surface area contributed by atoms with Crippen molar-refractivity contribution in [3.63, 3.8) is 0 Å². The van der Waals surface area contributed by atoms with E-state index in [0.29, 0.717) is 13.2 Å². The van der Waals surface area contributed by atoms with Gasteiger partial charge in [-0.2, -0.15) is 0 Å². The van der Waals surface area contributed by atoms with Crippen LogP contribution in [0.15, 0.2) is 30.3 Å². The lowest BCUT2D eigenvalue weighted by Crippen LogP contribution is -2.44. The van der Waals surface area contributed by atoms with E-state index in [-0.39, 0.29) is 11.8 Å². The van der Waals surface area contributed by atoms with Gasteiger partial charge in [0.1, 0.15) is 0 Å². The average molecular weight is 311 g/mol. The van der Waals surface area contributed by atoms with Gasteiger partial charge < -0.3 is 9.47 Å². The first-order valence-corrected chi connectivity index (χ1v) is 9.04. The molecule has 2 fully saturated rings. The summed E-state index contributed by atoms with van der Waals surface area (Å²) < 4.78 is 38.5. The zero-order valence-electron chi connectivity index (χ0n) is 12.0. The second-order valence-corrected chi connectivity index (χ2v) is 7.50. The van der Waals surface area contributed by atoms with Crippen LogP contribution in [0, 0.1) is 0 Å². The Kier molecular flexibility index (Phi) is 4.31. The summed E-state index contributed by atoms with van der Waals surface area (Å²) in [4.78, 5) is 0. The van der Waals surface area contributed by atoms with Gasteiger partial charge in [0.05, 0.1) is 19.0 Å². The molecule has 21 heavy (non-hydrogen) atoms. The van der Waals surface area contributed by atoms with E-state index >= 15 is 0 Å². The number of rotatable bonds is 4. The van der Waals surface area contributed by atoms with E-state index in [0.717, 1.165) is 31.2 Å². The second kappa shape index (κ2) is 6.04. The van der Waals surface area contributed by atoms with Crippen LogP contribution in [-0.2, 0) is 25.2 Å². The molecule has 1 heterocycles. The molecule has 116 valence electrons. The van der Waals surface area contributed by atoms with Gasteiger partial charge in [-0.3, -0.25) is 0 Å². The molecule has 5 nitrogen and oxygen atoms in total. The summed E-state index contributed by atoms with van der Waals surface area (Å²) in [6.45, 7) is 1.29. The van der Waals surface area contributed by atoms with E-state index < -0.39 is 15.8 Å². The maximum atomic E-state index is 12.2. The summed E-state index contributed by atoms with van der Waals surface area (Å²) in [5, 5.41) is 0. The standard InChI is InChI=1S/C15H21NO4S/c17-21(18,12-13-4-2-1-3-5-13)16-14-6-8-15(9-7-14)19-10-11-20-15/h1-5,14,16H,6-12H2. The average Bonchev–Trinajstić information content (AvgIpc) is 2.91. The van der Waals surface area contributed by atoms with E-state index in [2.05, 4.69) is 4.72 Å². The molecule has 6 heteroatoms. The zero-order valence-corrected chi connectivity index (χ0v) is 12.8. The SMILES string of the molecule is O=S(=O)(Cc1ccccc1)NC1CCC2(CC1)OCCO2. The van der Waals surface area contributed by atoms with Crippen LogP contribution in [0.5, 0.6) is 0 Å². The van der Waals surface area contributed by atoms with E-state index in [1.54, 1.807) is 0 Å². The highest BCUT2D eigenvalue weighted by molar-refractivity contribution is 7.88. The zero-order chi connectivity index (χ0) is 14.8. The van der Waals surface area contributed by atoms with Crippen molar-refractivity contribution >= 4 is 10.0 Å². The molecule has 1 saturated heterocycles. The lowest BCUT2D eigenvalue weighted by Gasteiger charge is -2.35. The molecule has 0 unspecified atom stereocenters. The molecule has 0 radical (unpaired) electrons. The van der Waals surface area contributed by atoms with Gasteiger partial charge >= 0.3 is 0 Å². The van der Waals surface area contributed by atoms with Gasteiger partial charge in [0.2, 0.25) is 10.0 Å². The van der Waals surface area contributed by atoms with Crippen molar-refractivity contribution in [1.29, 1.82) is 0 Å². The predicted molar refractivity (Wildman–Crippen MR) is 79.1 cm³/mol. The highest BCUT2D eigenvalue weighted by Gasteiger charge is 2.40. The van der Waals surface area contributed by atoms with Gasteiger partial charge in [-0.25, -0.2) is 13.1 Å². The topological polar surface area (TPSA) is 64.6 Å². The van der Waals surface area contributed by atoms with Crippen molar-refractivity contribution < 1.29 is 17.9 Å². The number of benzene rings is 1. The Morgan fingerprint density at radius 2 is 1.71 bits per heavy atom. The van der Waals surface area contributed by atoms with Gasteiger partial charge in [0, 0.05) is 18.9 Å². The Labute approximate surface area is 125 Å². The van der Waals surface area contributed by atoms with Crippen molar-refractivity contribution in [3.8, 4) is 0 Å². The summed E-state index contributed by atoms with van der Waals surface area (Å²) in [5.74, 6) is -0.413. The molecule has 1 aliphatic heterocycles. The number of hydrogen-bond acceptors (Lipinski definition) is 4. The summed E-state index contributed by atoms with van der Waals surface area (Å²) in [7, 11) is -3.30. The van der Waals surface area contributed by atoms with Crippen molar-refractivity contribution in [1.82, 2.24) is 4.72 Å². The molecule has 0 atom stereocenters. The smallest absolute Gasteiger partial charge is 0.216 e. The molecular weight excluding hydrogens is 290 g/mol.